The molecular formula is C20H18N4O3. The average molecular weight is 362 g/mol. The summed E-state index contributed by atoms with van der Waals surface area (Å²) in [4.78, 5) is 12.4. The van der Waals surface area contributed by atoms with E-state index in [9.17, 15) is 4.79 Å². The van der Waals surface area contributed by atoms with Crippen LogP contribution in [0.25, 0.3) is 0 Å². The third-order valence-corrected chi connectivity index (χ3v) is 3.99. The van der Waals surface area contributed by atoms with Crippen molar-refractivity contribution in [2.45, 2.75) is 6.92 Å². The van der Waals surface area contributed by atoms with E-state index in [2.05, 4.69) is 20.8 Å². The lowest BCUT2D eigenvalue weighted by Crippen LogP contribution is -2.17. The Labute approximate surface area is 156 Å². The molecule has 0 saturated heterocycles. The second kappa shape index (κ2) is 7.33. The predicted octanol–water partition coefficient (Wildman–Crippen LogP) is 3.55. The van der Waals surface area contributed by atoms with Crippen molar-refractivity contribution in [2.24, 2.45) is 0 Å². The van der Waals surface area contributed by atoms with E-state index in [-0.39, 0.29) is 11.6 Å². The van der Waals surface area contributed by atoms with Gasteiger partial charge in [0.1, 0.15) is 13.2 Å². The van der Waals surface area contributed by atoms with Crippen molar-refractivity contribution in [1.29, 1.82) is 0 Å². The molecule has 0 radical (unpaired) electrons. The van der Waals surface area contributed by atoms with Crippen molar-refractivity contribution in [3.05, 3.63) is 65.9 Å². The quantitative estimate of drug-likeness (QED) is 0.738. The molecule has 0 saturated carbocycles. The van der Waals surface area contributed by atoms with Crippen LogP contribution in [-0.2, 0) is 0 Å². The highest BCUT2D eigenvalue weighted by Gasteiger charge is 2.14. The van der Waals surface area contributed by atoms with Crippen LogP contribution in [0.3, 0.4) is 0 Å². The number of amides is 1. The molecule has 0 bridgehead atoms. The number of ether oxygens (including phenoxy) is 2. The Kier molecular flexibility index (Phi) is 4.57. The van der Waals surface area contributed by atoms with Gasteiger partial charge in [0.2, 0.25) is 0 Å². The summed E-state index contributed by atoms with van der Waals surface area (Å²) in [5.74, 6) is 1.51. The van der Waals surface area contributed by atoms with Crippen LogP contribution in [0.2, 0.25) is 0 Å². The first-order chi connectivity index (χ1) is 13.2. The molecule has 1 amide bonds. The summed E-state index contributed by atoms with van der Waals surface area (Å²) >= 11 is 0. The summed E-state index contributed by atoms with van der Waals surface area (Å²) in [5, 5.41) is 14.0. The Morgan fingerprint density at radius 2 is 1.78 bits per heavy atom. The van der Waals surface area contributed by atoms with Crippen molar-refractivity contribution >= 4 is 23.1 Å². The number of hydrogen-bond donors (Lipinski definition) is 2. The van der Waals surface area contributed by atoms with Gasteiger partial charge < -0.3 is 20.1 Å². The van der Waals surface area contributed by atoms with Crippen LogP contribution in [0.15, 0.2) is 54.6 Å². The normalized spacial score (nSPS) is 12.3. The number of rotatable bonds is 4. The van der Waals surface area contributed by atoms with E-state index in [0.717, 1.165) is 11.3 Å². The number of carbonyl (C=O) groups excluding carboxylic acids is 1. The number of nitrogens with one attached hydrogen (secondary N) is 2. The van der Waals surface area contributed by atoms with Gasteiger partial charge in [-0.2, -0.15) is 0 Å². The number of benzene rings is 2. The maximum absolute atomic E-state index is 12.4. The predicted molar refractivity (Wildman–Crippen MR) is 102 cm³/mol. The maximum Gasteiger partial charge on any atom is 0.276 e. The van der Waals surface area contributed by atoms with Gasteiger partial charge in [0, 0.05) is 17.4 Å². The fraction of sp³-hybridized carbons (Fsp3) is 0.150. The summed E-state index contributed by atoms with van der Waals surface area (Å²) < 4.78 is 11.0. The molecule has 1 aliphatic rings. The molecule has 1 aromatic heterocycles. The summed E-state index contributed by atoms with van der Waals surface area (Å²) in [7, 11) is 0. The standard InChI is InChI=1S/C20H18N4O3/c1-13-3-2-4-14(11-13)21-19-8-6-16(23-24-19)20(25)22-15-5-7-17-18(12-15)27-10-9-26-17/h2-8,11-12H,9-10H2,1H3,(H,21,24)(H,22,25). The topological polar surface area (TPSA) is 85.4 Å². The van der Waals surface area contributed by atoms with Crippen LogP contribution in [0.4, 0.5) is 17.2 Å². The number of aromatic nitrogens is 2. The number of hydrogen-bond acceptors (Lipinski definition) is 6. The summed E-state index contributed by atoms with van der Waals surface area (Å²) in [6.07, 6.45) is 0. The molecule has 1 aliphatic heterocycles. The third kappa shape index (κ3) is 3.98. The van der Waals surface area contributed by atoms with E-state index in [4.69, 9.17) is 9.47 Å². The molecule has 0 fully saturated rings. The van der Waals surface area contributed by atoms with Crippen LogP contribution in [0, 0.1) is 6.92 Å². The van der Waals surface area contributed by atoms with Crippen LogP contribution in [-0.4, -0.2) is 29.3 Å². The van der Waals surface area contributed by atoms with Gasteiger partial charge in [0.25, 0.3) is 5.91 Å². The summed E-state index contributed by atoms with van der Waals surface area (Å²) in [6, 6.07) is 16.5. The molecule has 3 aromatic rings. The number of fused-ring (bicyclic) bond motifs is 1. The monoisotopic (exact) mass is 362 g/mol. The van der Waals surface area contributed by atoms with Crippen molar-refractivity contribution < 1.29 is 14.3 Å². The van der Waals surface area contributed by atoms with Crippen LogP contribution < -0.4 is 20.1 Å². The molecule has 0 atom stereocenters. The zero-order chi connectivity index (χ0) is 18.6. The zero-order valence-corrected chi connectivity index (χ0v) is 14.7. The molecule has 7 heteroatoms. The van der Waals surface area contributed by atoms with Gasteiger partial charge in [-0.1, -0.05) is 12.1 Å². The first-order valence-electron chi connectivity index (χ1n) is 8.56. The molecule has 2 heterocycles. The highest BCUT2D eigenvalue weighted by molar-refractivity contribution is 6.03. The molecule has 136 valence electrons. The number of aryl methyl sites for hydroxylation is 1. The molecule has 4 rings (SSSR count). The Hall–Kier alpha value is -3.61. The van der Waals surface area contributed by atoms with E-state index >= 15 is 0 Å². The van der Waals surface area contributed by atoms with Crippen molar-refractivity contribution in [2.75, 3.05) is 23.8 Å². The van der Waals surface area contributed by atoms with Crippen LogP contribution in [0.5, 0.6) is 11.5 Å². The van der Waals surface area contributed by atoms with E-state index in [0.29, 0.717) is 36.2 Å². The molecular weight excluding hydrogens is 344 g/mol. The number of nitrogens with zero attached hydrogens (tertiary/aromatic N) is 2. The van der Waals surface area contributed by atoms with Gasteiger partial charge in [-0.25, -0.2) is 0 Å². The molecule has 0 spiro atoms. The Balaban J connectivity index is 1.43. The van der Waals surface area contributed by atoms with Gasteiger partial charge >= 0.3 is 0 Å². The molecule has 2 aromatic carbocycles. The minimum Gasteiger partial charge on any atom is -0.486 e. The van der Waals surface area contributed by atoms with Gasteiger partial charge in [-0.05, 0) is 48.9 Å². The minimum atomic E-state index is -0.346. The Bertz CT molecular complexity index is 973. The molecule has 2 N–H and O–H groups in total. The fourth-order valence-electron chi connectivity index (χ4n) is 2.71. The first-order valence-corrected chi connectivity index (χ1v) is 8.56. The lowest BCUT2D eigenvalue weighted by Gasteiger charge is -2.18. The highest BCUT2D eigenvalue weighted by Crippen LogP contribution is 2.32. The number of carbonyl (C=O) groups is 1. The van der Waals surface area contributed by atoms with Gasteiger partial charge in [-0.15, -0.1) is 10.2 Å². The van der Waals surface area contributed by atoms with E-state index in [1.54, 1.807) is 30.3 Å². The van der Waals surface area contributed by atoms with E-state index < -0.39 is 0 Å². The Morgan fingerprint density at radius 1 is 0.926 bits per heavy atom. The summed E-state index contributed by atoms with van der Waals surface area (Å²) in [5.41, 5.74) is 2.88. The zero-order valence-electron chi connectivity index (χ0n) is 14.7. The number of anilines is 3. The Morgan fingerprint density at radius 3 is 2.56 bits per heavy atom. The average Bonchev–Trinajstić information content (AvgIpc) is 2.68. The molecule has 7 nitrogen and oxygen atoms in total. The van der Waals surface area contributed by atoms with Crippen molar-refractivity contribution in [1.82, 2.24) is 10.2 Å². The lowest BCUT2D eigenvalue weighted by molar-refractivity contribution is 0.102. The maximum atomic E-state index is 12.4. The third-order valence-electron chi connectivity index (χ3n) is 3.99. The van der Waals surface area contributed by atoms with E-state index in [1.165, 1.54) is 0 Å². The second-order valence-electron chi connectivity index (χ2n) is 6.11. The fourth-order valence-corrected chi connectivity index (χ4v) is 2.71. The van der Waals surface area contributed by atoms with Crippen molar-refractivity contribution in [3.8, 4) is 11.5 Å². The SMILES string of the molecule is Cc1cccc(Nc2ccc(C(=O)Nc3ccc4c(c3)OCCO4)nn2)c1. The van der Waals surface area contributed by atoms with Crippen molar-refractivity contribution in [3.63, 3.8) is 0 Å². The van der Waals surface area contributed by atoms with Gasteiger partial charge in [-0.3, -0.25) is 4.79 Å². The first kappa shape index (κ1) is 16.8. The summed E-state index contributed by atoms with van der Waals surface area (Å²) in [6.45, 7) is 3.03. The van der Waals surface area contributed by atoms with Crippen LogP contribution in [0.1, 0.15) is 16.1 Å². The molecule has 0 unspecified atom stereocenters. The largest absolute Gasteiger partial charge is 0.486 e. The minimum absolute atomic E-state index is 0.222. The van der Waals surface area contributed by atoms with Crippen LogP contribution >= 0.6 is 0 Å². The second-order valence-corrected chi connectivity index (χ2v) is 6.11. The van der Waals surface area contributed by atoms with Gasteiger partial charge in [0.05, 0.1) is 0 Å². The highest BCUT2D eigenvalue weighted by atomic mass is 16.6. The lowest BCUT2D eigenvalue weighted by atomic mass is 10.2. The van der Waals surface area contributed by atoms with E-state index in [1.807, 2.05) is 31.2 Å². The smallest absolute Gasteiger partial charge is 0.276 e. The molecule has 27 heavy (non-hydrogen) atoms. The molecule has 0 aliphatic carbocycles. The van der Waals surface area contributed by atoms with Gasteiger partial charge in [0.15, 0.2) is 23.0 Å².